The smallest absolute Gasteiger partial charge is 0.410 e. The number of aliphatic hydroxyl groups excluding tert-OH is 1. The number of hydrogen-bond donors (Lipinski definition) is 2. The van der Waals surface area contributed by atoms with Gasteiger partial charge in [-0.2, -0.15) is 0 Å². The molecule has 0 aliphatic rings. The van der Waals surface area contributed by atoms with Crippen molar-refractivity contribution in [3.63, 3.8) is 0 Å². The molecule has 7 heteroatoms. The van der Waals surface area contributed by atoms with Gasteiger partial charge in [0, 0.05) is 6.61 Å². The monoisotopic (exact) mass is 305 g/mol. The van der Waals surface area contributed by atoms with E-state index in [-0.39, 0.29) is 13.2 Å². The summed E-state index contributed by atoms with van der Waals surface area (Å²) in [5.74, 6) is -1.17. The highest BCUT2D eigenvalue weighted by Gasteiger charge is 2.25. The quantitative estimate of drug-likeness (QED) is 0.626. The van der Waals surface area contributed by atoms with Crippen LogP contribution in [0.5, 0.6) is 0 Å². The molecule has 21 heavy (non-hydrogen) atoms. The van der Waals surface area contributed by atoms with Crippen molar-refractivity contribution < 1.29 is 29.3 Å². The summed E-state index contributed by atoms with van der Waals surface area (Å²) >= 11 is 0. The molecule has 1 atom stereocenters. The molecule has 0 rings (SSSR count). The lowest BCUT2D eigenvalue weighted by atomic mass is 10.2. The van der Waals surface area contributed by atoms with E-state index in [0.717, 1.165) is 17.7 Å². The number of nitrogens with zero attached hydrogens (tertiary/aromatic N) is 1. The number of aliphatic hydroxyl groups is 1. The molecule has 7 nitrogen and oxygen atoms in total. The van der Waals surface area contributed by atoms with Crippen LogP contribution in [-0.2, 0) is 14.3 Å². The zero-order valence-corrected chi connectivity index (χ0v) is 13.3. The summed E-state index contributed by atoms with van der Waals surface area (Å²) in [6.07, 6.45) is 0.155. The lowest BCUT2D eigenvalue weighted by Gasteiger charge is -2.27. The first-order valence-electron chi connectivity index (χ1n) is 7.11. The van der Waals surface area contributed by atoms with Crippen LogP contribution in [0, 0.1) is 0 Å². The van der Waals surface area contributed by atoms with Crippen molar-refractivity contribution in [3.05, 3.63) is 0 Å². The van der Waals surface area contributed by atoms with E-state index in [1.807, 2.05) is 6.92 Å². The largest absolute Gasteiger partial charge is 0.480 e. The van der Waals surface area contributed by atoms with Gasteiger partial charge in [0.2, 0.25) is 0 Å². The fraction of sp³-hybridized carbons (Fsp3) is 0.857. The van der Waals surface area contributed by atoms with Crippen LogP contribution in [0.2, 0.25) is 0 Å². The van der Waals surface area contributed by atoms with Crippen LogP contribution in [0.4, 0.5) is 4.79 Å². The fourth-order valence-corrected chi connectivity index (χ4v) is 1.47. The Morgan fingerprint density at radius 3 is 2.38 bits per heavy atom. The molecule has 0 unspecified atom stereocenters. The van der Waals surface area contributed by atoms with Gasteiger partial charge in [-0.05, 0) is 27.2 Å². The highest BCUT2D eigenvalue weighted by molar-refractivity contribution is 5.76. The highest BCUT2D eigenvalue weighted by atomic mass is 16.6. The van der Waals surface area contributed by atoms with Gasteiger partial charge in [0.05, 0.1) is 19.3 Å². The van der Waals surface area contributed by atoms with E-state index < -0.39 is 30.3 Å². The molecule has 0 aliphatic heterocycles. The summed E-state index contributed by atoms with van der Waals surface area (Å²) in [5.41, 5.74) is -0.726. The van der Waals surface area contributed by atoms with Crippen LogP contribution in [-0.4, -0.2) is 65.2 Å². The summed E-state index contributed by atoms with van der Waals surface area (Å²) < 4.78 is 10.4. The predicted molar refractivity (Wildman–Crippen MR) is 77.2 cm³/mol. The van der Waals surface area contributed by atoms with Crippen molar-refractivity contribution >= 4 is 12.1 Å². The predicted octanol–water partition coefficient (Wildman–Crippen LogP) is 1.49. The second kappa shape index (κ2) is 9.57. The standard InChI is InChI=1S/C14H27NO6/c1-5-6-7-20-10-11(16)8-15(9-12(17)18)13(19)21-14(2,3)4/h11,16H,5-10H2,1-4H3,(H,17,18)/t11-/m1/s1. The molecule has 0 aromatic heterocycles. The number of ether oxygens (including phenoxy) is 2. The molecular formula is C14H27NO6. The molecule has 124 valence electrons. The molecule has 1 amide bonds. The van der Waals surface area contributed by atoms with E-state index in [9.17, 15) is 14.7 Å². The molecule has 0 bridgehead atoms. The van der Waals surface area contributed by atoms with Crippen LogP contribution in [0.1, 0.15) is 40.5 Å². The van der Waals surface area contributed by atoms with Crippen molar-refractivity contribution in [1.29, 1.82) is 0 Å². The Hall–Kier alpha value is -1.34. The number of amides is 1. The van der Waals surface area contributed by atoms with Gasteiger partial charge in [-0.3, -0.25) is 9.69 Å². The topological polar surface area (TPSA) is 96.3 Å². The molecule has 0 saturated carbocycles. The zero-order chi connectivity index (χ0) is 16.5. The van der Waals surface area contributed by atoms with Gasteiger partial charge in [0.1, 0.15) is 12.1 Å². The number of carbonyl (C=O) groups excluding carboxylic acids is 1. The molecule has 0 fully saturated rings. The number of unbranched alkanes of at least 4 members (excludes halogenated alkanes) is 1. The Labute approximate surface area is 125 Å². The summed E-state index contributed by atoms with van der Waals surface area (Å²) in [5, 5.41) is 18.6. The lowest BCUT2D eigenvalue weighted by Crippen LogP contribution is -2.44. The van der Waals surface area contributed by atoms with Gasteiger partial charge in [-0.1, -0.05) is 13.3 Å². The minimum absolute atomic E-state index is 0.0545. The molecule has 0 heterocycles. The molecule has 0 saturated heterocycles. The van der Waals surface area contributed by atoms with Crippen molar-refractivity contribution in [2.75, 3.05) is 26.3 Å². The van der Waals surface area contributed by atoms with Crippen molar-refractivity contribution in [1.82, 2.24) is 4.90 Å². The van der Waals surface area contributed by atoms with Gasteiger partial charge >= 0.3 is 12.1 Å². The second-order valence-electron chi connectivity index (χ2n) is 5.84. The zero-order valence-electron chi connectivity index (χ0n) is 13.3. The Bertz CT molecular complexity index is 326. The number of aliphatic carboxylic acids is 1. The molecular weight excluding hydrogens is 278 g/mol. The maximum Gasteiger partial charge on any atom is 0.410 e. The summed E-state index contributed by atoms with van der Waals surface area (Å²) in [4.78, 5) is 23.7. The highest BCUT2D eigenvalue weighted by Crippen LogP contribution is 2.10. The van der Waals surface area contributed by atoms with E-state index in [0.29, 0.717) is 6.61 Å². The van der Waals surface area contributed by atoms with Crippen LogP contribution in [0.15, 0.2) is 0 Å². The Morgan fingerprint density at radius 2 is 1.90 bits per heavy atom. The fourth-order valence-electron chi connectivity index (χ4n) is 1.47. The maximum atomic E-state index is 11.9. The van der Waals surface area contributed by atoms with Gasteiger partial charge < -0.3 is 19.7 Å². The minimum Gasteiger partial charge on any atom is -0.480 e. The average Bonchev–Trinajstić information content (AvgIpc) is 2.31. The van der Waals surface area contributed by atoms with Crippen LogP contribution in [0.3, 0.4) is 0 Å². The molecule has 0 aromatic carbocycles. The molecule has 0 spiro atoms. The van der Waals surface area contributed by atoms with Gasteiger partial charge in [0.15, 0.2) is 0 Å². The maximum absolute atomic E-state index is 11.9. The van der Waals surface area contributed by atoms with Crippen molar-refractivity contribution in [3.8, 4) is 0 Å². The van der Waals surface area contributed by atoms with Crippen LogP contribution < -0.4 is 0 Å². The first kappa shape index (κ1) is 19.7. The normalized spacial score (nSPS) is 12.8. The molecule has 0 aliphatic carbocycles. The van der Waals surface area contributed by atoms with E-state index >= 15 is 0 Å². The Balaban J connectivity index is 4.41. The number of rotatable bonds is 9. The first-order chi connectivity index (χ1) is 9.65. The van der Waals surface area contributed by atoms with E-state index in [1.54, 1.807) is 20.8 Å². The number of carbonyl (C=O) groups is 2. The minimum atomic E-state index is -1.17. The lowest BCUT2D eigenvalue weighted by molar-refractivity contribution is -0.138. The first-order valence-corrected chi connectivity index (χ1v) is 7.11. The van der Waals surface area contributed by atoms with Crippen molar-refractivity contribution in [2.24, 2.45) is 0 Å². The number of carboxylic acids is 1. The van der Waals surface area contributed by atoms with Gasteiger partial charge in [0.25, 0.3) is 0 Å². The van der Waals surface area contributed by atoms with E-state index in [4.69, 9.17) is 14.6 Å². The van der Waals surface area contributed by atoms with Crippen molar-refractivity contribution in [2.45, 2.75) is 52.2 Å². The second-order valence-corrected chi connectivity index (χ2v) is 5.84. The average molecular weight is 305 g/mol. The Morgan fingerprint density at radius 1 is 1.29 bits per heavy atom. The van der Waals surface area contributed by atoms with Gasteiger partial charge in [-0.15, -0.1) is 0 Å². The third kappa shape index (κ3) is 11.0. The van der Waals surface area contributed by atoms with Crippen LogP contribution >= 0.6 is 0 Å². The summed E-state index contributed by atoms with van der Waals surface area (Å²) in [7, 11) is 0. The van der Waals surface area contributed by atoms with Crippen LogP contribution in [0.25, 0.3) is 0 Å². The summed E-state index contributed by atoms with van der Waals surface area (Å²) in [6, 6.07) is 0. The SMILES string of the molecule is CCCCOC[C@H](O)CN(CC(=O)O)C(=O)OC(C)(C)C. The molecule has 2 N–H and O–H groups in total. The molecule has 0 aromatic rings. The number of hydrogen-bond acceptors (Lipinski definition) is 5. The van der Waals surface area contributed by atoms with E-state index in [1.165, 1.54) is 0 Å². The van der Waals surface area contributed by atoms with Gasteiger partial charge in [-0.25, -0.2) is 4.79 Å². The van der Waals surface area contributed by atoms with E-state index in [2.05, 4.69) is 0 Å². The Kier molecular flexibility index (Phi) is 8.96. The summed E-state index contributed by atoms with van der Waals surface area (Å²) in [6.45, 7) is 7.00. The third-order valence-electron chi connectivity index (χ3n) is 2.36. The number of carboxylic acid groups (broad SMARTS) is 1. The molecule has 0 radical (unpaired) electrons. The third-order valence-corrected chi connectivity index (χ3v) is 2.36.